The van der Waals surface area contributed by atoms with Gasteiger partial charge >= 0.3 is 0 Å². The van der Waals surface area contributed by atoms with Crippen LogP contribution in [-0.2, 0) is 6.42 Å². The molecule has 148 valence electrons. The number of benzene rings is 1. The Kier molecular flexibility index (Phi) is 6.18. The maximum Gasteiger partial charge on any atom is 0.219 e. The van der Waals surface area contributed by atoms with E-state index in [0.29, 0.717) is 24.0 Å². The number of rotatable bonds is 8. The molecule has 0 atom stereocenters. The number of hydrogen-bond acceptors (Lipinski definition) is 7. The first-order chi connectivity index (χ1) is 13.5. The summed E-state index contributed by atoms with van der Waals surface area (Å²) < 4.78 is 11.1. The third-order valence-electron chi connectivity index (χ3n) is 4.19. The number of aryl methyl sites for hydroxylation is 1. The average Bonchev–Trinajstić information content (AvgIpc) is 3.35. The second kappa shape index (κ2) is 8.77. The quantitative estimate of drug-likeness (QED) is 0.582. The topological polar surface area (TPSA) is 91.8 Å². The molecule has 0 aliphatic heterocycles. The number of nitrogens with zero attached hydrogens (tertiary/aromatic N) is 6. The average molecular weight is 382 g/mol. The number of ether oxygens (including phenoxy) is 1. The summed E-state index contributed by atoms with van der Waals surface area (Å²) in [7, 11) is 1.66. The van der Waals surface area contributed by atoms with Crippen LogP contribution in [0.1, 0.15) is 69.1 Å². The van der Waals surface area contributed by atoms with Crippen molar-refractivity contribution in [1.82, 2.24) is 30.4 Å². The zero-order valence-electron chi connectivity index (χ0n) is 17.0. The first-order valence-electron chi connectivity index (χ1n) is 9.45. The van der Waals surface area contributed by atoms with E-state index < -0.39 is 0 Å². The predicted octanol–water partition coefficient (Wildman–Crippen LogP) is 3.95. The second-order valence-corrected chi connectivity index (χ2v) is 7.15. The van der Waals surface area contributed by atoms with E-state index in [0.717, 1.165) is 23.4 Å². The molecule has 0 bridgehead atoms. The molecule has 1 aromatic carbocycles. The number of tetrazole rings is 1. The molecule has 8 nitrogen and oxygen atoms in total. The minimum absolute atomic E-state index is 0.229. The van der Waals surface area contributed by atoms with Gasteiger partial charge < -0.3 is 9.15 Å². The molecule has 0 fully saturated rings. The van der Waals surface area contributed by atoms with Crippen LogP contribution in [0.25, 0.3) is 11.8 Å². The van der Waals surface area contributed by atoms with Crippen molar-refractivity contribution in [1.29, 1.82) is 0 Å². The molecule has 8 heteroatoms. The number of methoxy groups -OCH3 is 1. The van der Waals surface area contributed by atoms with E-state index in [1.165, 1.54) is 4.80 Å². The van der Waals surface area contributed by atoms with Crippen molar-refractivity contribution >= 4 is 6.08 Å². The Morgan fingerprint density at radius 1 is 1.11 bits per heavy atom. The lowest BCUT2D eigenvalue weighted by molar-refractivity contribution is 0.413. The van der Waals surface area contributed by atoms with E-state index in [2.05, 4.69) is 31.7 Å². The zero-order valence-corrected chi connectivity index (χ0v) is 17.0. The van der Waals surface area contributed by atoms with Crippen molar-refractivity contribution < 1.29 is 9.15 Å². The lowest BCUT2D eigenvalue weighted by Crippen LogP contribution is -2.01. The van der Waals surface area contributed by atoms with Gasteiger partial charge in [0.2, 0.25) is 11.8 Å². The van der Waals surface area contributed by atoms with Crippen LogP contribution in [0.2, 0.25) is 0 Å². The van der Waals surface area contributed by atoms with Crippen LogP contribution in [0.3, 0.4) is 0 Å². The van der Waals surface area contributed by atoms with Gasteiger partial charge in [0, 0.05) is 23.8 Å². The molecule has 0 spiro atoms. The molecule has 0 aliphatic rings. The first-order valence-corrected chi connectivity index (χ1v) is 9.45. The van der Waals surface area contributed by atoms with Crippen molar-refractivity contribution in [2.24, 2.45) is 0 Å². The lowest BCUT2D eigenvalue weighted by atomic mass is 10.1. The largest absolute Gasteiger partial charge is 0.496 e. The van der Waals surface area contributed by atoms with Crippen molar-refractivity contribution in [3.8, 4) is 11.4 Å². The molecule has 0 unspecified atom stereocenters. The maximum atomic E-state index is 5.63. The van der Waals surface area contributed by atoms with Crippen LogP contribution in [-0.4, -0.2) is 37.5 Å². The number of allylic oxidation sites excluding steroid dienone is 1. The van der Waals surface area contributed by atoms with E-state index in [1.807, 2.05) is 52.0 Å². The van der Waals surface area contributed by atoms with Crippen molar-refractivity contribution in [3.63, 3.8) is 0 Å². The Labute approximate surface area is 164 Å². The molecule has 0 saturated carbocycles. The monoisotopic (exact) mass is 382 g/mol. The molecule has 0 amide bonds. The van der Waals surface area contributed by atoms with Gasteiger partial charge in [0.25, 0.3) is 0 Å². The molecule has 0 saturated heterocycles. The Morgan fingerprint density at radius 3 is 2.57 bits per heavy atom. The van der Waals surface area contributed by atoms with Crippen LogP contribution in [0, 0.1) is 0 Å². The number of hydrogen-bond donors (Lipinski definition) is 0. The van der Waals surface area contributed by atoms with Gasteiger partial charge in [-0.05, 0) is 29.8 Å². The Morgan fingerprint density at radius 2 is 1.93 bits per heavy atom. The summed E-state index contributed by atoms with van der Waals surface area (Å²) in [6, 6.07) is 5.79. The van der Waals surface area contributed by atoms with Crippen LogP contribution in [0.5, 0.6) is 5.75 Å². The minimum atomic E-state index is 0.229. The maximum absolute atomic E-state index is 5.63. The Hall–Kier alpha value is -3.03. The normalized spacial score (nSPS) is 11.8. The third-order valence-corrected chi connectivity index (χ3v) is 4.19. The molecular weight excluding hydrogens is 356 g/mol. The fourth-order valence-corrected chi connectivity index (χ4v) is 2.56. The Bertz CT molecular complexity index is 942. The first kappa shape index (κ1) is 19.7. The van der Waals surface area contributed by atoms with E-state index >= 15 is 0 Å². The van der Waals surface area contributed by atoms with Gasteiger partial charge in [0.05, 0.1) is 12.8 Å². The van der Waals surface area contributed by atoms with Crippen LogP contribution in [0.4, 0.5) is 0 Å². The minimum Gasteiger partial charge on any atom is -0.496 e. The Balaban J connectivity index is 1.71. The van der Waals surface area contributed by atoms with Crippen molar-refractivity contribution in [2.45, 2.75) is 52.4 Å². The molecule has 28 heavy (non-hydrogen) atoms. The fraction of sp³-hybridized carbons (Fsp3) is 0.450. The second-order valence-electron chi connectivity index (χ2n) is 7.15. The van der Waals surface area contributed by atoms with Crippen LogP contribution < -0.4 is 4.74 Å². The standard InChI is InChI=1S/C20H26N6O2/c1-13(2)19-22-25-26(24-19)16-10-11-17(27-5)15(12-16)8-6-7-9-18-21-23-20(28-18)14(3)4/h6,8,10-14H,7,9H2,1-5H3. The molecule has 0 aliphatic carbocycles. The van der Waals surface area contributed by atoms with E-state index in [-0.39, 0.29) is 11.8 Å². The third kappa shape index (κ3) is 4.62. The summed E-state index contributed by atoms with van der Waals surface area (Å²) in [5.74, 6) is 3.30. The van der Waals surface area contributed by atoms with Gasteiger partial charge in [-0.3, -0.25) is 0 Å². The highest BCUT2D eigenvalue weighted by Crippen LogP contribution is 2.23. The van der Waals surface area contributed by atoms with Crippen molar-refractivity contribution in [3.05, 3.63) is 47.4 Å². The van der Waals surface area contributed by atoms with Gasteiger partial charge in [0.15, 0.2) is 5.82 Å². The van der Waals surface area contributed by atoms with Crippen molar-refractivity contribution in [2.75, 3.05) is 7.11 Å². The van der Waals surface area contributed by atoms with Gasteiger partial charge in [-0.15, -0.1) is 25.2 Å². The fourth-order valence-electron chi connectivity index (χ4n) is 2.56. The highest BCUT2D eigenvalue weighted by atomic mass is 16.5. The van der Waals surface area contributed by atoms with Gasteiger partial charge in [-0.2, -0.15) is 0 Å². The summed E-state index contributed by atoms with van der Waals surface area (Å²) in [6.45, 7) is 8.14. The highest BCUT2D eigenvalue weighted by molar-refractivity contribution is 5.60. The molecule has 2 aromatic heterocycles. The molecular formula is C20H26N6O2. The summed E-state index contributed by atoms with van der Waals surface area (Å²) in [4.78, 5) is 1.54. The summed E-state index contributed by atoms with van der Waals surface area (Å²) in [5, 5.41) is 20.8. The molecule has 3 rings (SSSR count). The van der Waals surface area contributed by atoms with Crippen LogP contribution in [0.15, 0.2) is 28.7 Å². The lowest BCUT2D eigenvalue weighted by Gasteiger charge is -2.07. The van der Waals surface area contributed by atoms with Gasteiger partial charge in [-0.1, -0.05) is 39.8 Å². The summed E-state index contributed by atoms with van der Waals surface area (Å²) >= 11 is 0. The molecule has 0 radical (unpaired) electrons. The molecule has 0 N–H and O–H groups in total. The summed E-state index contributed by atoms with van der Waals surface area (Å²) in [5.41, 5.74) is 1.77. The SMILES string of the molecule is COc1ccc(-n2nnc(C(C)C)n2)cc1C=CCCc1nnc(C(C)C)o1. The zero-order chi connectivity index (χ0) is 20.1. The number of aromatic nitrogens is 6. The molecule has 2 heterocycles. The summed E-state index contributed by atoms with van der Waals surface area (Å²) in [6.07, 6.45) is 5.56. The molecule has 3 aromatic rings. The predicted molar refractivity (Wildman–Crippen MR) is 106 cm³/mol. The van der Waals surface area contributed by atoms with E-state index in [9.17, 15) is 0 Å². The highest BCUT2D eigenvalue weighted by Gasteiger charge is 2.11. The van der Waals surface area contributed by atoms with Crippen LogP contribution >= 0.6 is 0 Å². The van der Waals surface area contributed by atoms with Gasteiger partial charge in [-0.25, -0.2) is 0 Å². The van der Waals surface area contributed by atoms with E-state index in [4.69, 9.17) is 9.15 Å². The van der Waals surface area contributed by atoms with Gasteiger partial charge in [0.1, 0.15) is 5.75 Å². The smallest absolute Gasteiger partial charge is 0.219 e. The van der Waals surface area contributed by atoms with E-state index in [1.54, 1.807) is 7.11 Å².